The van der Waals surface area contributed by atoms with E-state index in [2.05, 4.69) is 15.9 Å². The number of ketones is 1. The fraction of sp³-hybridized carbons (Fsp3) is 0.0909. The van der Waals surface area contributed by atoms with Crippen molar-refractivity contribution in [1.29, 1.82) is 0 Å². The largest absolute Gasteiger partial charge is 0.507 e. The zero-order valence-electron chi connectivity index (χ0n) is 15.2. The van der Waals surface area contributed by atoms with E-state index in [1.807, 2.05) is 24.4 Å². The van der Waals surface area contributed by atoms with Gasteiger partial charge >= 0.3 is 0 Å². The van der Waals surface area contributed by atoms with Crippen LogP contribution in [0.4, 0.5) is 5.69 Å². The lowest BCUT2D eigenvalue weighted by Crippen LogP contribution is -2.29. The van der Waals surface area contributed by atoms with Crippen LogP contribution in [0.15, 0.2) is 70.0 Å². The van der Waals surface area contributed by atoms with E-state index in [9.17, 15) is 14.7 Å². The number of aliphatic hydroxyl groups is 1. The molecule has 1 fully saturated rings. The van der Waals surface area contributed by atoms with Crippen LogP contribution in [0.2, 0.25) is 5.02 Å². The van der Waals surface area contributed by atoms with Crippen molar-refractivity contribution in [2.45, 2.75) is 13.0 Å². The predicted molar refractivity (Wildman–Crippen MR) is 119 cm³/mol. The smallest absolute Gasteiger partial charge is 0.300 e. The Morgan fingerprint density at radius 3 is 2.48 bits per heavy atom. The number of hydrogen-bond acceptors (Lipinski definition) is 4. The molecule has 2 heterocycles. The number of amides is 1. The first-order valence-electron chi connectivity index (χ1n) is 8.75. The summed E-state index contributed by atoms with van der Waals surface area (Å²) in [5.41, 5.74) is 1.91. The van der Waals surface area contributed by atoms with Gasteiger partial charge in [0.1, 0.15) is 11.8 Å². The topological polar surface area (TPSA) is 57.6 Å². The molecule has 0 saturated carbocycles. The number of nitrogens with zero attached hydrogens (tertiary/aromatic N) is 1. The number of rotatable bonds is 3. The molecule has 4 rings (SSSR count). The van der Waals surface area contributed by atoms with E-state index >= 15 is 0 Å². The van der Waals surface area contributed by atoms with Crippen molar-refractivity contribution in [3.63, 3.8) is 0 Å². The van der Waals surface area contributed by atoms with Crippen molar-refractivity contribution in [3.8, 4) is 0 Å². The van der Waals surface area contributed by atoms with Gasteiger partial charge in [0.15, 0.2) is 0 Å². The van der Waals surface area contributed by atoms with E-state index < -0.39 is 17.7 Å². The van der Waals surface area contributed by atoms with E-state index in [1.165, 1.54) is 16.2 Å². The predicted octanol–water partition coefficient (Wildman–Crippen LogP) is 6.10. The van der Waals surface area contributed by atoms with Crippen molar-refractivity contribution in [2.24, 2.45) is 0 Å². The molecule has 1 N–H and O–H groups in total. The second kappa shape index (κ2) is 7.78. The van der Waals surface area contributed by atoms with Crippen LogP contribution < -0.4 is 4.90 Å². The average molecular weight is 489 g/mol. The summed E-state index contributed by atoms with van der Waals surface area (Å²) < 4.78 is 0.848. The summed E-state index contributed by atoms with van der Waals surface area (Å²) >= 11 is 10.9. The van der Waals surface area contributed by atoms with Crippen LogP contribution in [0.25, 0.3) is 5.76 Å². The number of carbonyl (C=O) groups is 2. The van der Waals surface area contributed by atoms with Gasteiger partial charge in [0.05, 0.1) is 5.57 Å². The van der Waals surface area contributed by atoms with Gasteiger partial charge in [-0.2, -0.15) is 0 Å². The highest BCUT2D eigenvalue weighted by Gasteiger charge is 2.47. The lowest BCUT2D eigenvalue weighted by atomic mass is 9.99. The van der Waals surface area contributed by atoms with Gasteiger partial charge in [-0.1, -0.05) is 45.7 Å². The van der Waals surface area contributed by atoms with Gasteiger partial charge in [-0.15, -0.1) is 11.3 Å². The maximum absolute atomic E-state index is 13.0. The number of halogens is 2. The summed E-state index contributed by atoms with van der Waals surface area (Å²) in [5, 5.41) is 13.4. The minimum absolute atomic E-state index is 0.0779. The van der Waals surface area contributed by atoms with Gasteiger partial charge in [-0.05, 0) is 54.3 Å². The lowest BCUT2D eigenvalue weighted by molar-refractivity contribution is -0.132. The van der Waals surface area contributed by atoms with Crippen LogP contribution in [0, 0.1) is 6.92 Å². The molecule has 0 aliphatic carbocycles. The quantitative estimate of drug-likeness (QED) is 0.275. The Morgan fingerprint density at radius 1 is 1.14 bits per heavy atom. The Morgan fingerprint density at radius 2 is 1.86 bits per heavy atom. The molecule has 1 aliphatic heterocycles. The molecule has 3 aromatic rings. The normalized spacial score (nSPS) is 18.4. The molecule has 2 aromatic carbocycles. The number of aliphatic hydroxyl groups excluding tert-OH is 1. The summed E-state index contributed by atoms with van der Waals surface area (Å²) in [7, 11) is 0. The van der Waals surface area contributed by atoms with Crippen LogP contribution in [-0.4, -0.2) is 16.8 Å². The third kappa shape index (κ3) is 3.52. The van der Waals surface area contributed by atoms with Crippen LogP contribution >= 0.6 is 38.9 Å². The fourth-order valence-corrected chi connectivity index (χ4v) is 4.76. The van der Waals surface area contributed by atoms with E-state index in [0.29, 0.717) is 16.3 Å². The molecule has 0 radical (unpaired) electrons. The number of Topliss-reactive ketones (excluding diaryl/α,β-unsaturated/α-hetero) is 1. The van der Waals surface area contributed by atoms with Gasteiger partial charge in [-0.25, -0.2) is 0 Å². The Bertz CT molecular complexity index is 1140. The molecule has 1 saturated heterocycles. The standard InChI is InChI=1S/C22H15BrClNO3S/c1-12-11-15(24)8-9-16(12)25-19(17-3-2-10-29-17)18(21(27)22(25)28)20(26)13-4-6-14(23)7-5-13/h2-11,19,26H,1H3/b20-18-. The minimum Gasteiger partial charge on any atom is -0.507 e. The van der Waals surface area contributed by atoms with Gasteiger partial charge in [0, 0.05) is 25.6 Å². The third-order valence-corrected chi connectivity index (χ3v) is 6.48. The maximum Gasteiger partial charge on any atom is 0.300 e. The molecular weight excluding hydrogens is 474 g/mol. The van der Waals surface area contributed by atoms with Crippen LogP contribution in [0.3, 0.4) is 0 Å². The lowest BCUT2D eigenvalue weighted by Gasteiger charge is -2.25. The highest BCUT2D eigenvalue weighted by molar-refractivity contribution is 9.10. The number of benzene rings is 2. The molecule has 7 heteroatoms. The van der Waals surface area contributed by atoms with Crippen molar-refractivity contribution in [1.82, 2.24) is 0 Å². The number of aryl methyl sites for hydroxylation is 1. The molecule has 1 unspecified atom stereocenters. The Kier molecular flexibility index (Phi) is 5.34. The van der Waals surface area contributed by atoms with Crippen molar-refractivity contribution in [3.05, 3.63) is 91.0 Å². The first kappa shape index (κ1) is 19.9. The molecule has 1 amide bonds. The number of thiophene rings is 1. The zero-order valence-corrected chi connectivity index (χ0v) is 18.4. The molecule has 29 heavy (non-hydrogen) atoms. The summed E-state index contributed by atoms with van der Waals surface area (Å²) in [4.78, 5) is 28.3. The monoisotopic (exact) mass is 487 g/mol. The second-order valence-electron chi connectivity index (χ2n) is 6.62. The van der Waals surface area contributed by atoms with Crippen LogP contribution in [0.5, 0.6) is 0 Å². The Hall–Kier alpha value is -2.41. The first-order chi connectivity index (χ1) is 13.9. The minimum atomic E-state index is -0.710. The highest BCUT2D eigenvalue weighted by Crippen LogP contribution is 2.44. The molecular formula is C22H15BrClNO3S. The number of carbonyl (C=O) groups excluding carboxylic acids is 2. The number of anilines is 1. The summed E-state index contributed by atoms with van der Waals surface area (Å²) in [5.74, 6) is -1.57. The van der Waals surface area contributed by atoms with E-state index in [0.717, 1.165) is 14.9 Å². The molecule has 0 spiro atoms. The van der Waals surface area contributed by atoms with Gasteiger partial charge in [-0.3, -0.25) is 14.5 Å². The second-order valence-corrected chi connectivity index (χ2v) is 8.95. The molecule has 0 bridgehead atoms. The number of hydrogen-bond donors (Lipinski definition) is 1. The van der Waals surface area contributed by atoms with Crippen molar-refractivity contribution < 1.29 is 14.7 Å². The van der Waals surface area contributed by atoms with Crippen LogP contribution in [0.1, 0.15) is 22.0 Å². The molecule has 4 nitrogen and oxygen atoms in total. The fourth-order valence-electron chi connectivity index (χ4n) is 3.45. The highest BCUT2D eigenvalue weighted by atomic mass is 79.9. The summed E-state index contributed by atoms with van der Waals surface area (Å²) in [6.07, 6.45) is 0. The van der Waals surface area contributed by atoms with E-state index in [4.69, 9.17) is 11.6 Å². The molecule has 1 aromatic heterocycles. The molecule has 146 valence electrons. The average Bonchev–Trinajstić information content (AvgIpc) is 3.30. The molecule has 1 aliphatic rings. The first-order valence-corrected chi connectivity index (χ1v) is 10.8. The summed E-state index contributed by atoms with van der Waals surface area (Å²) in [6.45, 7) is 1.83. The van der Waals surface area contributed by atoms with Gasteiger partial charge in [0.2, 0.25) is 0 Å². The van der Waals surface area contributed by atoms with E-state index in [1.54, 1.807) is 42.5 Å². The molecule has 1 atom stereocenters. The SMILES string of the molecule is Cc1cc(Cl)ccc1N1C(=O)C(=O)/C(=C(\O)c2ccc(Br)cc2)C1c1cccs1. The van der Waals surface area contributed by atoms with Gasteiger partial charge < -0.3 is 5.11 Å². The Labute approximate surface area is 185 Å². The van der Waals surface area contributed by atoms with E-state index in [-0.39, 0.29) is 11.3 Å². The van der Waals surface area contributed by atoms with Crippen LogP contribution in [-0.2, 0) is 9.59 Å². The van der Waals surface area contributed by atoms with Crippen molar-refractivity contribution >= 4 is 62.0 Å². The Balaban J connectivity index is 1.94. The summed E-state index contributed by atoms with van der Waals surface area (Å²) in [6, 6.07) is 15.1. The third-order valence-electron chi connectivity index (χ3n) is 4.79. The maximum atomic E-state index is 13.0. The zero-order chi connectivity index (χ0) is 20.7. The van der Waals surface area contributed by atoms with Gasteiger partial charge in [0.25, 0.3) is 11.7 Å². The van der Waals surface area contributed by atoms with Crippen molar-refractivity contribution in [2.75, 3.05) is 4.90 Å².